The minimum absolute atomic E-state index is 0.00279. The van der Waals surface area contributed by atoms with Gasteiger partial charge in [0.25, 0.3) is 15.0 Å². The Morgan fingerprint density at radius 1 is 1.50 bits per heavy atom. The van der Waals surface area contributed by atoms with Crippen LogP contribution in [-0.2, 0) is 20.2 Å². The Kier molecular flexibility index (Phi) is 4.67. The van der Waals surface area contributed by atoms with Crippen molar-refractivity contribution in [1.29, 1.82) is 0 Å². The van der Waals surface area contributed by atoms with Crippen LogP contribution in [0.1, 0.15) is 29.3 Å². The maximum Gasteiger partial charge on any atom is 0.261 e. The standard InChI is InChI=1S/C13H16ClNO4S/c1-2-9-3-4-10(7-12(9)20(14,17)18)13(16)15-11-5-6-19-8-11/h3-4,7,11H,2,5-6,8H2,1H3,(H,15,16). The van der Waals surface area contributed by atoms with Crippen LogP contribution in [0.2, 0.25) is 0 Å². The monoisotopic (exact) mass is 317 g/mol. The lowest BCUT2D eigenvalue weighted by Gasteiger charge is -2.12. The van der Waals surface area contributed by atoms with E-state index in [0.717, 1.165) is 6.42 Å². The number of carbonyl (C=O) groups excluding carboxylic acids is 1. The average Bonchev–Trinajstić information content (AvgIpc) is 2.89. The number of nitrogens with one attached hydrogen (secondary N) is 1. The molecule has 1 amide bonds. The summed E-state index contributed by atoms with van der Waals surface area (Å²) < 4.78 is 28.3. The van der Waals surface area contributed by atoms with Crippen LogP contribution in [-0.4, -0.2) is 33.6 Å². The van der Waals surface area contributed by atoms with Gasteiger partial charge in [0.15, 0.2) is 0 Å². The summed E-state index contributed by atoms with van der Waals surface area (Å²) in [6.07, 6.45) is 1.29. The van der Waals surface area contributed by atoms with Crippen molar-refractivity contribution in [2.24, 2.45) is 0 Å². The third-order valence-corrected chi connectivity index (χ3v) is 4.64. The predicted molar refractivity (Wildman–Crippen MR) is 75.5 cm³/mol. The highest BCUT2D eigenvalue weighted by atomic mass is 35.7. The molecule has 1 N–H and O–H groups in total. The molecule has 1 heterocycles. The van der Waals surface area contributed by atoms with Crippen molar-refractivity contribution in [1.82, 2.24) is 5.32 Å². The molecule has 0 saturated carbocycles. The molecular weight excluding hydrogens is 302 g/mol. The minimum atomic E-state index is -3.86. The van der Waals surface area contributed by atoms with E-state index in [1.54, 1.807) is 12.1 Å². The second-order valence-corrected chi connectivity index (χ2v) is 7.18. The summed E-state index contributed by atoms with van der Waals surface area (Å²) in [6.45, 7) is 2.94. The molecule has 1 unspecified atom stereocenters. The Hall–Kier alpha value is -1.11. The normalized spacial score (nSPS) is 19.0. The third-order valence-electron chi connectivity index (χ3n) is 3.24. The molecule has 20 heavy (non-hydrogen) atoms. The summed E-state index contributed by atoms with van der Waals surface area (Å²) >= 11 is 0. The summed E-state index contributed by atoms with van der Waals surface area (Å²) in [5, 5.41) is 2.81. The van der Waals surface area contributed by atoms with Gasteiger partial charge in [-0.2, -0.15) is 0 Å². The van der Waals surface area contributed by atoms with Crippen molar-refractivity contribution in [3.63, 3.8) is 0 Å². The maximum absolute atomic E-state index is 12.1. The van der Waals surface area contributed by atoms with Gasteiger partial charge in [-0.1, -0.05) is 13.0 Å². The quantitative estimate of drug-likeness (QED) is 0.858. The number of ether oxygens (including phenoxy) is 1. The van der Waals surface area contributed by atoms with Crippen LogP contribution in [0.5, 0.6) is 0 Å². The molecule has 1 aromatic rings. The van der Waals surface area contributed by atoms with E-state index < -0.39 is 9.05 Å². The van der Waals surface area contributed by atoms with Crippen LogP contribution in [0, 0.1) is 0 Å². The lowest BCUT2D eigenvalue weighted by atomic mass is 10.1. The van der Waals surface area contributed by atoms with Crippen molar-refractivity contribution < 1.29 is 17.9 Å². The van der Waals surface area contributed by atoms with Crippen molar-refractivity contribution in [3.8, 4) is 0 Å². The fourth-order valence-electron chi connectivity index (χ4n) is 2.13. The highest BCUT2D eigenvalue weighted by Crippen LogP contribution is 2.22. The summed E-state index contributed by atoms with van der Waals surface area (Å²) in [4.78, 5) is 12.1. The zero-order valence-electron chi connectivity index (χ0n) is 11.1. The number of aryl methyl sites for hydroxylation is 1. The fraction of sp³-hybridized carbons (Fsp3) is 0.462. The molecule has 110 valence electrons. The van der Waals surface area contributed by atoms with E-state index in [0.29, 0.717) is 25.2 Å². The van der Waals surface area contributed by atoms with Gasteiger partial charge in [-0.25, -0.2) is 8.42 Å². The molecule has 0 aliphatic carbocycles. The van der Waals surface area contributed by atoms with Crippen LogP contribution in [0.25, 0.3) is 0 Å². The molecule has 7 heteroatoms. The maximum atomic E-state index is 12.1. The Morgan fingerprint density at radius 3 is 2.80 bits per heavy atom. The lowest BCUT2D eigenvalue weighted by Crippen LogP contribution is -2.35. The first-order chi connectivity index (χ1) is 9.41. The number of amides is 1. The van der Waals surface area contributed by atoms with E-state index in [2.05, 4.69) is 5.32 Å². The number of carbonyl (C=O) groups is 1. The summed E-state index contributed by atoms with van der Waals surface area (Å²) in [7, 11) is 1.55. The van der Waals surface area contributed by atoms with Crippen molar-refractivity contribution >= 4 is 25.6 Å². The Morgan fingerprint density at radius 2 is 2.25 bits per heavy atom. The smallest absolute Gasteiger partial charge is 0.261 e. The molecule has 0 bridgehead atoms. The van der Waals surface area contributed by atoms with Crippen LogP contribution < -0.4 is 5.32 Å². The topological polar surface area (TPSA) is 72.5 Å². The van der Waals surface area contributed by atoms with Crippen molar-refractivity contribution in [2.45, 2.75) is 30.7 Å². The van der Waals surface area contributed by atoms with Crippen LogP contribution in [0.3, 0.4) is 0 Å². The molecule has 1 fully saturated rings. The zero-order chi connectivity index (χ0) is 14.8. The van der Waals surface area contributed by atoms with E-state index in [9.17, 15) is 13.2 Å². The zero-order valence-corrected chi connectivity index (χ0v) is 12.6. The Balaban J connectivity index is 2.26. The first-order valence-electron chi connectivity index (χ1n) is 6.38. The van der Waals surface area contributed by atoms with Gasteiger partial charge >= 0.3 is 0 Å². The molecule has 2 rings (SSSR count). The molecule has 0 spiro atoms. The van der Waals surface area contributed by atoms with Crippen molar-refractivity contribution in [3.05, 3.63) is 29.3 Å². The van der Waals surface area contributed by atoms with Crippen LogP contribution in [0.4, 0.5) is 0 Å². The Labute approximate surface area is 122 Å². The van der Waals surface area contributed by atoms with Crippen molar-refractivity contribution in [2.75, 3.05) is 13.2 Å². The van der Waals surface area contributed by atoms with E-state index in [-0.39, 0.29) is 22.4 Å². The second-order valence-electron chi connectivity index (χ2n) is 4.65. The summed E-state index contributed by atoms with van der Waals surface area (Å²) in [5.41, 5.74) is 0.883. The summed E-state index contributed by atoms with van der Waals surface area (Å²) in [5.74, 6) is -0.315. The predicted octanol–water partition coefficient (Wildman–Crippen LogP) is 1.70. The number of hydrogen-bond donors (Lipinski definition) is 1. The van der Waals surface area contributed by atoms with Gasteiger partial charge in [0.05, 0.1) is 17.5 Å². The molecule has 1 aliphatic rings. The van der Waals surface area contributed by atoms with Crippen LogP contribution in [0.15, 0.2) is 23.1 Å². The lowest BCUT2D eigenvalue weighted by molar-refractivity contribution is 0.0929. The molecule has 5 nitrogen and oxygen atoms in total. The van der Waals surface area contributed by atoms with Crippen LogP contribution >= 0.6 is 10.7 Å². The second kappa shape index (κ2) is 6.11. The summed E-state index contributed by atoms with van der Waals surface area (Å²) in [6, 6.07) is 4.53. The molecular formula is C13H16ClNO4S. The van der Waals surface area contributed by atoms with Gasteiger partial charge in [0.1, 0.15) is 0 Å². The molecule has 0 aromatic heterocycles. The third kappa shape index (κ3) is 3.50. The molecule has 1 aromatic carbocycles. The van der Waals surface area contributed by atoms with E-state index in [4.69, 9.17) is 15.4 Å². The van der Waals surface area contributed by atoms with Gasteiger partial charge in [-0.3, -0.25) is 4.79 Å². The SMILES string of the molecule is CCc1ccc(C(=O)NC2CCOC2)cc1S(=O)(=O)Cl. The fourth-order valence-corrected chi connectivity index (χ4v) is 3.36. The largest absolute Gasteiger partial charge is 0.379 e. The molecule has 0 radical (unpaired) electrons. The number of hydrogen-bond acceptors (Lipinski definition) is 4. The van der Waals surface area contributed by atoms with E-state index >= 15 is 0 Å². The van der Waals surface area contributed by atoms with Gasteiger partial charge in [-0.15, -0.1) is 0 Å². The highest BCUT2D eigenvalue weighted by Gasteiger charge is 2.21. The molecule has 1 saturated heterocycles. The van der Waals surface area contributed by atoms with E-state index in [1.807, 2.05) is 6.92 Å². The van der Waals surface area contributed by atoms with Gasteiger partial charge < -0.3 is 10.1 Å². The minimum Gasteiger partial charge on any atom is -0.379 e. The first-order valence-corrected chi connectivity index (χ1v) is 8.69. The first kappa shape index (κ1) is 15.3. The van der Waals surface area contributed by atoms with Gasteiger partial charge in [0, 0.05) is 22.9 Å². The molecule has 1 aliphatic heterocycles. The number of halogens is 1. The number of rotatable bonds is 4. The molecule has 1 atom stereocenters. The number of benzene rings is 1. The Bertz CT molecular complexity index is 609. The van der Waals surface area contributed by atoms with E-state index in [1.165, 1.54) is 6.07 Å². The van der Waals surface area contributed by atoms with Gasteiger partial charge in [-0.05, 0) is 30.5 Å². The van der Waals surface area contributed by atoms with Gasteiger partial charge in [0.2, 0.25) is 0 Å². The average molecular weight is 318 g/mol. The highest BCUT2D eigenvalue weighted by molar-refractivity contribution is 8.13.